The van der Waals surface area contributed by atoms with E-state index in [9.17, 15) is 0 Å². The molecular weight excluding hydrogens is 162 g/mol. The molecule has 1 rings (SSSR count). The normalized spacial score (nSPS) is 35.3. The van der Waals surface area contributed by atoms with Gasteiger partial charge in [0.15, 0.2) is 0 Å². The fraction of sp³-hybridized carbons (Fsp3) is 1.00. The average Bonchev–Trinajstić information content (AvgIpc) is 2.29. The van der Waals surface area contributed by atoms with Gasteiger partial charge in [-0.1, -0.05) is 6.92 Å². The lowest BCUT2D eigenvalue weighted by Crippen LogP contribution is -2.44. The zero-order valence-corrected chi connectivity index (χ0v) is 9.39. The van der Waals surface area contributed by atoms with Crippen LogP contribution in [0.5, 0.6) is 0 Å². The van der Waals surface area contributed by atoms with E-state index in [0.29, 0.717) is 6.54 Å². The third-order valence-electron chi connectivity index (χ3n) is 2.71. The molecule has 13 heavy (non-hydrogen) atoms. The lowest BCUT2D eigenvalue weighted by atomic mass is 9.99. The van der Waals surface area contributed by atoms with Crippen molar-refractivity contribution in [2.24, 2.45) is 11.7 Å². The van der Waals surface area contributed by atoms with E-state index >= 15 is 0 Å². The van der Waals surface area contributed by atoms with E-state index in [1.807, 2.05) is 0 Å². The van der Waals surface area contributed by atoms with Crippen LogP contribution < -0.4 is 5.73 Å². The van der Waals surface area contributed by atoms with Gasteiger partial charge in [-0.05, 0) is 46.0 Å². The summed E-state index contributed by atoms with van der Waals surface area (Å²) in [6.45, 7) is 9.26. The second kappa shape index (κ2) is 3.58. The third kappa shape index (κ3) is 2.96. The molecule has 0 amide bonds. The van der Waals surface area contributed by atoms with Crippen molar-refractivity contribution < 1.29 is 4.74 Å². The standard InChI is InChI=1S/C11H23NO/c1-9-5-6-11(7-9,8-12)13-10(2,3)4/h9H,5-8,12H2,1-4H3. The molecule has 0 bridgehead atoms. The lowest BCUT2D eigenvalue weighted by molar-refractivity contribution is -0.124. The van der Waals surface area contributed by atoms with Crippen LogP contribution in [0.15, 0.2) is 0 Å². The molecule has 0 aliphatic heterocycles. The minimum atomic E-state index is -0.0660. The van der Waals surface area contributed by atoms with E-state index in [2.05, 4.69) is 27.7 Å². The van der Waals surface area contributed by atoms with Crippen molar-refractivity contribution in [3.05, 3.63) is 0 Å². The van der Waals surface area contributed by atoms with E-state index < -0.39 is 0 Å². The van der Waals surface area contributed by atoms with Crippen LogP contribution in [0.4, 0.5) is 0 Å². The highest BCUT2D eigenvalue weighted by Crippen LogP contribution is 2.38. The highest BCUT2D eigenvalue weighted by Gasteiger charge is 2.39. The number of nitrogens with two attached hydrogens (primary N) is 1. The highest BCUT2D eigenvalue weighted by molar-refractivity contribution is 4.92. The number of rotatable bonds is 2. The quantitative estimate of drug-likeness (QED) is 0.716. The van der Waals surface area contributed by atoms with Crippen LogP contribution in [0.1, 0.15) is 47.0 Å². The van der Waals surface area contributed by atoms with Gasteiger partial charge < -0.3 is 10.5 Å². The Balaban J connectivity index is 2.61. The smallest absolute Gasteiger partial charge is 0.0813 e. The molecular formula is C11H23NO. The van der Waals surface area contributed by atoms with Gasteiger partial charge in [-0.15, -0.1) is 0 Å². The van der Waals surface area contributed by atoms with Crippen LogP contribution in [-0.4, -0.2) is 17.7 Å². The van der Waals surface area contributed by atoms with Crippen molar-refractivity contribution in [1.29, 1.82) is 0 Å². The van der Waals surface area contributed by atoms with E-state index in [1.54, 1.807) is 0 Å². The number of hydrogen-bond acceptors (Lipinski definition) is 2. The molecule has 0 aromatic rings. The molecule has 1 fully saturated rings. The van der Waals surface area contributed by atoms with Crippen LogP contribution in [0.3, 0.4) is 0 Å². The lowest BCUT2D eigenvalue weighted by Gasteiger charge is -2.35. The molecule has 1 aliphatic carbocycles. The van der Waals surface area contributed by atoms with E-state index in [0.717, 1.165) is 18.8 Å². The molecule has 78 valence electrons. The van der Waals surface area contributed by atoms with Gasteiger partial charge in [0.05, 0.1) is 11.2 Å². The summed E-state index contributed by atoms with van der Waals surface area (Å²) < 4.78 is 6.08. The molecule has 2 atom stereocenters. The summed E-state index contributed by atoms with van der Waals surface area (Å²) in [5, 5.41) is 0. The maximum Gasteiger partial charge on any atom is 0.0813 e. The van der Waals surface area contributed by atoms with Crippen LogP contribution in [0, 0.1) is 5.92 Å². The van der Waals surface area contributed by atoms with Gasteiger partial charge >= 0.3 is 0 Å². The van der Waals surface area contributed by atoms with Crippen LogP contribution >= 0.6 is 0 Å². The monoisotopic (exact) mass is 185 g/mol. The maximum atomic E-state index is 6.08. The molecule has 0 heterocycles. The van der Waals surface area contributed by atoms with E-state index in [1.165, 1.54) is 6.42 Å². The Kier molecular flexibility index (Phi) is 3.03. The van der Waals surface area contributed by atoms with Crippen LogP contribution in [0.2, 0.25) is 0 Å². The minimum absolute atomic E-state index is 0.0301. The molecule has 1 saturated carbocycles. The summed E-state index contributed by atoms with van der Waals surface area (Å²) in [6, 6.07) is 0. The zero-order chi connectivity index (χ0) is 10.1. The first-order valence-electron chi connectivity index (χ1n) is 5.27. The predicted molar refractivity (Wildman–Crippen MR) is 55.6 cm³/mol. The molecule has 2 unspecified atom stereocenters. The fourth-order valence-electron chi connectivity index (χ4n) is 2.32. The Hall–Kier alpha value is -0.0800. The van der Waals surface area contributed by atoms with E-state index in [-0.39, 0.29) is 11.2 Å². The van der Waals surface area contributed by atoms with E-state index in [4.69, 9.17) is 10.5 Å². The predicted octanol–water partition coefficient (Wildman–Crippen LogP) is 2.32. The summed E-state index contributed by atoms with van der Waals surface area (Å²) in [7, 11) is 0. The van der Waals surface area contributed by atoms with Gasteiger partial charge in [-0.2, -0.15) is 0 Å². The van der Waals surface area contributed by atoms with Crippen molar-refractivity contribution in [3.63, 3.8) is 0 Å². The van der Waals surface area contributed by atoms with Crippen molar-refractivity contribution in [3.8, 4) is 0 Å². The topological polar surface area (TPSA) is 35.2 Å². The summed E-state index contributed by atoms with van der Waals surface area (Å²) >= 11 is 0. The molecule has 1 aliphatic rings. The average molecular weight is 185 g/mol. The van der Waals surface area contributed by atoms with Crippen LogP contribution in [-0.2, 0) is 4.74 Å². The first-order valence-corrected chi connectivity index (χ1v) is 5.27. The first kappa shape index (κ1) is 11.0. The summed E-state index contributed by atoms with van der Waals surface area (Å²) in [5.74, 6) is 0.769. The van der Waals surface area contributed by atoms with Gasteiger partial charge in [-0.3, -0.25) is 0 Å². The maximum absolute atomic E-state index is 6.08. The van der Waals surface area contributed by atoms with Crippen molar-refractivity contribution in [1.82, 2.24) is 0 Å². The highest BCUT2D eigenvalue weighted by atomic mass is 16.5. The molecule has 0 aromatic heterocycles. The summed E-state index contributed by atoms with van der Waals surface area (Å²) in [5.41, 5.74) is 5.72. The Morgan fingerprint density at radius 1 is 1.46 bits per heavy atom. The van der Waals surface area contributed by atoms with Gasteiger partial charge in [-0.25, -0.2) is 0 Å². The fourth-order valence-corrected chi connectivity index (χ4v) is 2.32. The summed E-state index contributed by atoms with van der Waals surface area (Å²) in [4.78, 5) is 0. The molecule has 2 N–H and O–H groups in total. The zero-order valence-electron chi connectivity index (χ0n) is 9.39. The molecule has 0 aromatic carbocycles. The Morgan fingerprint density at radius 3 is 2.38 bits per heavy atom. The largest absolute Gasteiger partial charge is 0.368 e. The van der Waals surface area contributed by atoms with Gasteiger partial charge in [0.1, 0.15) is 0 Å². The molecule has 0 saturated heterocycles. The first-order chi connectivity index (χ1) is 5.87. The molecule has 2 heteroatoms. The third-order valence-corrected chi connectivity index (χ3v) is 2.71. The van der Waals surface area contributed by atoms with Crippen molar-refractivity contribution in [2.75, 3.05) is 6.54 Å². The van der Waals surface area contributed by atoms with Gasteiger partial charge in [0, 0.05) is 6.54 Å². The number of ether oxygens (including phenoxy) is 1. The van der Waals surface area contributed by atoms with Crippen molar-refractivity contribution >= 4 is 0 Å². The second-order valence-corrected chi connectivity index (χ2v) is 5.45. The van der Waals surface area contributed by atoms with Crippen molar-refractivity contribution in [2.45, 2.75) is 58.2 Å². The minimum Gasteiger partial charge on any atom is -0.368 e. The molecule has 0 spiro atoms. The SMILES string of the molecule is CC1CCC(CN)(OC(C)(C)C)C1. The van der Waals surface area contributed by atoms with Crippen LogP contribution in [0.25, 0.3) is 0 Å². The van der Waals surface area contributed by atoms with Gasteiger partial charge in [0.2, 0.25) is 0 Å². The Bertz CT molecular complexity index is 173. The second-order valence-electron chi connectivity index (χ2n) is 5.45. The summed E-state index contributed by atoms with van der Waals surface area (Å²) in [6.07, 6.45) is 3.51. The van der Waals surface area contributed by atoms with Gasteiger partial charge in [0.25, 0.3) is 0 Å². The molecule has 2 nitrogen and oxygen atoms in total. The molecule has 0 radical (unpaired) electrons. The Labute approximate surface area is 81.8 Å². The number of hydrogen-bond donors (Lipinski definition) is 1. The Morgan fingerprint density at radius 2 is 2.08 bits per heavy atom.